The van der Waals surface area contributed by atoms with Crippen LogP contribution in [0.5, 0.6) is 0 Å². The van der Waals surface area contributed by atoms with Gasteiger partial charge in [0.1, 0.15) is 0 Å². The molecule has 0 heterocycles. The Bertz CT molecular complexity index is 356. The van der Waals surface area contributed by atoms with Crippen molar-refractivity contribution in [2.75, 3.05) is 12.8 Å². The summed E-state index contributed by atoms with van der Waals surface area (Å²) in [5.41, 5.74) is -0.144. The zero-order chi connectivity index (χ0) is 13.9. The average Bonchev–Trinajstić information content (AvgIpc) is 2.13. The van der Waals surface area contributed by atoms with Gasteiger partial charge in [-0.1, -0.05) is 20.8 Å². The lowest BCUT2D eigenvalue weighted by Crippen LogP contribution is -2.43. The first-order valence-electron chi connectivity index (χ1n) is 5.66. The van der Waals surface area contributed by atoms with Gasteiger partial charge in [0.15, 0.2) is 0 Å². The van der Waals surface area contributed by atoms with Crippen molar-refractivity contribution in [3.63, 3.8) is 0 Å². The van der Waals surface area contributed by atoms with Crippen molar-refractivity contribution < 1.29 is 18.3 Å². The van der Waals surface area contributed by atoms with Gasteiger partial charge in [-0.15, -0.1) is 0 Å². The first kappa shape index (κ1) is 16.4. The second kappa shape index (κ2) is 5.82. The van der Waals surface area contributed by atoms with Crippen LogP contribution in [0.25, 0.3) is 0 Å². The van der Waals surface area contributed by atoms with E-state index in [2.05, 4.69) is 0 Å². The van der Waals surface area contributed by atoms with Crippen LogP contribution in [0.4, 0.5) is 0 Å². The molecule has 0 amide bonds. The molecule has 0 radical (unpaired) electrons. The Morgan fingerprint density at radius 3 is 2.18 bits per heavy atom. The SMILES string of the molecule is CC(N(C)S(=O)(=O)CCCC(=O)O)C(C)(C)C. The van der Waals surface area contributed by atoms with Crippen LogP contribution in [0.3, 0.4) is 0 Å². The number of rotatable bonds is 6. The van der Waals surface area contributed by atoms with Gasteiger partial charge in [-0.2, -0.15) is 0 Å². The van der Waals surface area contributed by atoms with E-state index in [1.54, 1.807) is 7.05 Å². The number of carboxylic acid groups (broad SMARTS) is 1. The van der Waals surface area contributed by atoms with Crippen molar-refractivity contribution >= 4 is 16.0 Å². The molecule has 6 heteroatoms. The zero-order valence-electron chi connectivity index (χ0n) is 11.2. The van der Waals surface area contributed by atoms with Gasteiger partial charge in [0.05, 0.1) is 5.75 Å². The minimum Gasteiger partial charge on any atom is -0.481 e. The minimum atomic E-state index is -3.37. The number of aliphatic carboxylic acids is 1. The summed E-state index contributed by atoms with van der Waals surface area (Å²) in [5, 5.41) is 8.48. The smallest absolute Gasteiger partial charge is 0.303 e. The van der Waals surface area contributed by atoms with E-state index in [1.165, 1.54) is 4.31 Å². The van der Waals surface area contributed by atoms with Gasteiger partial charge in [0.25, 0.3) is 0 Å². The van der Waals surface area contributed by atoms with Crippen LogP contribution in [0.2, 0.25) is 0 Å². The van der Waals surface area contributed by atoms with E-state index >= 15 is 0 Å². The van der Waals surface area contributed by atoms with Gasteiger partial charge in [-0.3, -0.25) is 4.79 Å². The quantitative estimate of drug-likeness (QED) is 0.790. The maximum absolute atomic E-state index is 11.9. The van der Waals surface area contributed by atoms with Crippen LogP contribution in [0, 0.1) is 5.41 Å². The predicted octanol–water partition coefficient (Wildman–Crippen LogP) is 1.55. The molecule has 1 N–H and O–H groups in total. The molecule has 0 aromatic heterocycles. The fraction of sp³-hybridized carbons (Fsp3) is 0.909. The fourth-order valence-electron chi connectivity index (χ4n) is 1.34. The van der Waals surface area contributed by atoms with Crippen molar-refractivity contribution in [3.8, 4) is 0 Å². The highest BCUT2D eigenvalue weighted by atomic mass is 32.2. The second-order valence-electron chi connectivity index (χ2n) is 5.37. The molecular weight excluding hydrogens is 242 g/mol. The molecule has 0 aliphatic carbocycles. The molecule has 0 saturated heterocycles. The second-order valence-corrected chi connectivity index (χ2v) is 7.52. The molecule has 1 unspecified atom stereocenters. The van der Waals surface area contributed by atoms with E-state index in [0.29, 0.717) is 0 Å². The molecule has 1 atom stereocenters. The van der Waals surface area contributed by atoms with Crippen LogP contribution < -0.4 is 0 Å². The molecule has 17 heavy (non-hydrogen) atoms. The van der Waals surface area contributed by atoms with Crippen molar-refractivity contribution in [2.24, 2.45) is 5.41 Å². The summed E-state index contributed by atoms with van der Waals surface area (Å²) in [4.78, 5) is 10.3. The van der Waals surface area contributed by atoms with E-state index < -0.39 is 16.0 Å². The summed E-state index contributed by atoms with van der Waals surface area (Å²) < 4.78 is 25.2. The standard InChI is InChI=1S/C11H23NO4S/c1-9(11(2,3)4)12(5)17(15,16)8-6-7-10(13)14/h9H,6-8H2,1-5H3,(H,13,14). The van der Waals surface area contributed by atoms with Gasteiger partial charge in [-0.25, -0.2) is 12.7 Å². The Hall–Kier alpha value is -0.620. The van der Waals surface area contributed by atoms with Gasteiger partial charge in [0.2, 0.25) is 10.0 Å². The lowest BCUT2D eigenvalue weighted by atomic mass is 9.88. The third kappa shape index (κ3) is 5.50. The third-order valence-corrected chi connectivity index (χ3v) is 5.03. The number of hydrogen-bond donors (Lipinski definition) is 1. The maximum Gasteiger partial charge on any atom is 0.303 e. The molecular formula is C11H23NO4S. The van der Waals surface area contributed by atoms with Crippen molar-refractivity contribution in [3.05, 3.63) is 0 Å². The first-order valence-corrected chi connectivity index (χ1v) is 7.27. The molecule has 0 aliphatic rings. The third-order valence-electron chi connectivity index (χ3n) is 3.03. The number of sulfonamides is 1. The molecule has 0 saturated carbocycles. The largest absolute Gasteiger partial charge is 0.481 e. The molecule has 0 aromatic rings. The van der Waals surface area contributed by atoms with Crippen LogP contribution >= 0.6 is 0 Å². The Morgan fingerprint density at radius 2 is 1.82 bits per heavy atom. The summed E-state index contributed by atoms with van der Waals surface area (Å²) in [6.07, 6.45) is 0.0375. The molecule has 102 valence electrons. The Labute approximate surface area is 104 Å². The van der Waals surface area contributed by atoms with Crippen molar-refractivity contribution in [1.82, 2.24) is 4.31 Å². The summed E-state index contributed by atoms with van der Waals surface area (Å²) in [6, 6.07) is -0.127. The van der Waals surface area contributed by atoms with E-state index in [0.717, 1.165) is 0 Å². The molecule has 0 aromatic carbocycles. The fourth-order valence-corrected chi connectivity index (χ4v) is 2.93. The number of carboxylic acids is 1. The topological polar surface area (TPSA) is 74.7 Å². The summed E-state index contributed by atoms with van der Waals surface area (Å²) >= 11 is 0. The van der Waals surface area contributed by atoms with E-state index in [9.17, 15) is 13.2 Å². The summed E-state index contributed by atoms with van der Waals surface area (Å²) in [7, 11) is -1.82. The lowest BCUT2D eigenvalue weighted by Gasteiger charge is -2.34. The highest BCUT2D eigenvalue weighted by Gasteiger charge is 2.30. The molecule has 0 rings (SSSR count). The van der Waals surface area contributed by atoms with Crippen LogP contribution in [0.15, 0.2) is 0 Å². The minimum absolute atomic E-state index is 0.114. The van der Waals surface area contributed by atoms with Crippen LogP contribution in [-0.4, -0.2) is 42.6 Å². The number of nitrogens with zero attached hydrogens (tertiary/aromatic N) is 1. The van der Waals surface area contributed by atoms with Crippen molar-refractivity contribution in [1.29, 1.82) is 0 Å². The molecule has 5 nitrogen and oxygen atoms in total. The summed E-state index contributed by atoms with van der Waals surface area (Å²) in [6.45, 7) is 7.78. The monoisotopic (exact) mass is 265 g/mol. The van der Waals surface area contributed by atoms with Gasteiger partial charge in [-0.05, 0) is 18.8 Å². The molecule has 0 spiro atoms. The summed E-state index contributed by atoms with van der Waals surface area (Å²) in [5.74, 6) is -1.08. The Morgan fingerprint density at radius 1 is 1.35 bits per heavy atom. The van der Waals surface area contributed by atoms with Gasteiger partial charge < -0.3 is 5.11 Å². The van der Waals surface area contributed by atoms with Crippen LogP contribution in [0.1, 0.15) is 40.5 Å². The lowest BCUT2D eigenvalue weighted by molar-refractivity contribution is -0.137. The molecule has 0 bridgehead atoms. The average molecular weight is 265 g/mol. The first-order chi connectivity index (χ1) is 7.48. The molecule has 0 fully saturated rings. The van der Waals surface area contributed by atoms with E-state index in [1.807, 2.05) is 27.7 Å². The zero-order valence-corrected chi connectivity index (χ0v) is 12.0. The van der Waals surface area contributed by atoms with E-state index in [4.69, 9.17) is 5.11 Å². The Balaban J connectivity index is 4.56. The Kier molecular flexibility index (Phi) is 5.61. The van der Waals surface area contributed by atoms with Gasteiger partial charge >= 0.3 is 5.97 Å². The van der Waals surface area contributed by atoms with Crippen molar-refractivity contribution in [2.45, 2.75) is 46.6 Å². The maximum atomic E-state index is 11.9. The predicted molar refractivity (Wildman–Crippen MR) is 67.3 cm³/mol. The number of carbonyl (C=O) groups is 1. The van der Waals surface area contributed by atoms with E-state index in [-0.39, 0.29) is 30.1 Å². The van der Waals surface area contributed by atoms with Crippen LogP contribution in [-0.2, 0) is 14.8 Å². The highest BCUT2D eigenvalue weighted by Crippen LogP contribution is 2.25. The molecule has 0 aliphatic heterocycles. The highest BCUT2D eigenvalue weighted by molar-refractivity contribution is 7.89. The van der Waals surface area contributed by atoms with Gasteiger partial charge in [0, 0.05) is 19.5 Å². The normalized spacial score (nSPS) is 14.9. The number of hydrogen-bond acceptors (Lipinski definition) is 3.